The number of rotatable bonds is 16. The van der Waals surface area contributed by atoms with Crippen molar-refractivity contribution in [2.75, 3.05) is 13.2 Å². The van der Waals surface area contributed by atoms with E-state index in [-0.39, 0.29) is 5.97 Å². The molecule has 0 aliphatic carbocycles. The maximum absolute atomic E-state index is 12.5. The lowest BCUT2D eigenvalue weighted by atomic mass is 10.0. The highest BCUT2D eigenvalue weighted by atomic mass is 16.5. The molecule has 0 saturated carbocycles. The molecule has 0 bridgehead atoms. The van der Waals surface area contributed by atoms with Gasteiger partial charge in [-0.2, -0.15) is 0 Å². The molecule has 0 N–H and O–H groups in total. The van der Waals surface area contributed by atoms with Gasteiger partial charge < -0.3 is 14.2 Å². The Balaban J connectivity index is 1.34. The van der Waals surface area contributed by atoms with E-state index >= 15 is 0 Å². The minimum absolute atomic E-state index is 0.381. The second kappa shape index (κ2) is 16.1. The number of hydrogen-bond acceptors (Lipinski definition) is 5. The molecule has 0 fully saturated rings. The molecule has 0 spiro atoms. The largest absolute Gasteiger partial charge is 0.494 e. The fourth-order valence-electron chi connectivity index (χ4n) is 4.01. The van der Waals surface area contributed by atoms with E-state index < -0.39 is 5.97 Å². The number of esters is 2. The number of benzene rings is 3. The second-order valence-corrected chi connectivity index (χ2v) is 9.26. The van der Waals surface area contributed by atoms with Crippen molar-refractivity contribution in [1.29, 1.82) is 0 Å². The Labute approximate surface area is 226 Å². The lowest BCUT2D eigenvalue weighted by Crippen LogP contribution is -2.08. The Bertz CT molecular complexity index is 1130. The van der Waals surface area contributed by atoms with Crippen LogP contribution in [0.1, 0.15) is 66.1 Å². The van der Waals surface area contributed by atoms with E-state index in [1.54, 1.807) is 24.3 Å². The van der Waals surface area contributed by atoms with Crippen LogP contribution < -0.4 is 9.47 Å². The highest BCUT2D eigenvalue weighted by Crippen LogP contribution is 2.18. The zero-order valence-corrected chi connectivity index (χ0v) is 22.3. The lowest BCUT2D eigenvalue weighted by Gasteiger charge is -2.08. The van der Waals surface area contributed by atoms with E-state index in [4.69, 9.17) is 14.2 Å². The van der Waals surface area contributed by atoms with Crippen LogP contribution in [-0.4, -0.2) is 25.2 Å². The van der Waals surface area contributed by atoms with Gasteiger partial charge in [0.1, 0.15) is 11.5 Å². The van der Waals surface area contributed by atoms with Crippen LogP contribution >= 0.6 is 0 Å². The molecule has 3 aromatic rings. The topological polar surface area (TPSA) is 61.8 Å². The van der Waals surface area contributed by atoms with Gasteiger partial charge in [-0.05, 0) is 98.0 Å². The van der Waals surface area contributed by atoms with Crippen LogP contribution in [0.25, 0.3) is 0 Å². The molecular formula is C33H38O5. The molecule has 0 aliphatic rings. The fraction of sp³-hybridized carbons (Fsp3) is 0.333. The van der Waals surface area contributed by atoms with E-state index in [1.807, 2.05) is 24.3 Å². The predicted octanol–water partition coefficient (Wildman–Crippen LogP) is 7.31. The molecule has 0 aromatic heterocycles. The molecule has 0 atom stereocenters. The van der Waals surface area contributed by atoms with Gasteiger partial charge >= 0.3 is 11.9 Å². The molecule has 0 aliphatic heterocycles. The lowest BCUT2D eigenvalue weighted by molar-refractivity contribution is -0.137. The van der Waals surface area contributed by atoms with Gasteiger partial charge in [-0.3, -0.25) is 0 Å². The van der Waals surface area contributed by atoms with Crippen LogP contribution in [0.4, 0.5) is 0 Å². The third-order valence-corrected chi connectivity index (χ3v) is 6.21. The van der Waals surface area contributed by atoms with Crippen LogP contribution in [0.5, 0.6) is 11.5 Å². The standard InChI is InChI=1S/C33H38O5/c1-3-9-26-10-12-27(13-11-26)14-15-28-16-20-31(21-17-28)38-33(35)29-18-22-30(23-19-29)36-24-7-5-6-8-25-37-32(34)4-2/h4,10-13,16-23H,2-3,5-9,14-15,24-25H2,1H3. The van der Waals surface area contributed by atoms with Gasteiger partial charge in [-0.1, -0.05) is 56.3 Å². The Morgan fingerprint density at radius 3 is 1.79 bits per heavy atom. The first-order valence-corrected chi connectivity index (χ1v) is 13.5. The van der Waals surface area contributed by atoms with Crippen molar-refractivity contribution in [3.63, 3.8) is 0 Å². The van der Waals surface area contributed by atoms with Crippen molar-refractivity contribution >= 4 is 11.9 Å². The Morgan fingerprint density at radius 2 is 1.21 bits per heavy atom. The average molecular weight is 515 g/mol. The second-order valence-electron chi connectivity index (χ2n) is 9.26. The minimum atomic E-state index is -0.395. The molecule has 0 radical (unpaired) electrons. The summed E-state index contributed by atoms with van der Waals surface area (Å²) in [5, 5.41) is 0. The number of hydrogen-bond donors (Lipinski definition) is 0. The van der Waals surface area contributed by atoms with Crippen molar-refractivity contribution in [3.8, 4) is 11.5 Å². The number of aryl methyl sites for hydroxylation is 3. The first-order chi connectivity index (χ1) is 18.6. The van der Waals surface area contributed by atoms with Crippen molar-refractivity contribution in [2.45, 2.75) is 58.3 Å². The van der Waals surface area contributed by atoms with E-state index in [9.17, 15) is 9.59 Å². The summed E-state index contributed by atoms with van der Waals surface area (Å²) < 4.78 is 16.2. The van der Waals surface area contributed by atoms with Crippen LogP contribution in [0.3, 0.4) is 0 Å². The summed E-state index contributed by atoms with van der Waals surface area (Å²) in [5.41, 5.74) is 4.40. The molecule has 0 unspecified atom stereocenters. The summed E-state index contributed by atoms with van der Waals surface area (Å²) >= 11 is 0. The van der Waals surface area contributed by atoms with Gasteiger partial charge in [-0.15, -0.1) is 0 Å². The maximum atomic E-state index is 12.5. The smallest absolute Gasteiger partial charge is 0.343 e. The first kappa shape index (κ1) is 28.7. The monoisotopic (exact) mass is 514 g/mol. The summed E-state index contributed by atoms with van der Waals surface area (Å²) in [6.07, 6.45) is 9.06. The quantitative estimate of drug-likeness (QED) is 0.0868. The fourth-order valence-corrected chi connectivity index (χ4v) is 4.01. The molecule has 0 heterocycles. The molecule has 0 saturated heterocycles. The Hall–Kier alpha value is -3.86. The summed E-state index contributed by atoms with van der Waals surface area (Å²) in [7, 11) is 0. The Kier molecular flexibility index (Phi) is 12.1. The number of unbranched alkanes of at least 4 members (excludes halogenated alkanes) is 3. The third kappa shape index (κ3) is 10.3. The molecule has 0 amide bonds. The maximum Gasteiger partial charge on any atom is 0.343 e. The van der Waals surface area contributed by atoms with Crippen LogP contribution in [0.2, 0.25) is 0 Å². The number of ether oxygens (including phenoxy) is 3. The van der Waals surface area contributed by atoms with E-state index in [1.165, 1.54) is 22.8 Å². The van der Waals surface area contributed by atoms with Crippen molar-refractivity contribution < 1.29 is 23.8 Å². The average Bonchev–Trinajstić information content (AvgIpc) is 2.95. The van der Waals surface area contributed by atoms with Crippen LogP contribution in [0.15, 0.2) is 85.5 Å². The van der Waals surface area contributed by atoms with Gasteiger partial charge in [0, 0.05) is 6.08 Å². The summed E-state index contributed by atoms with van der Waals surface area (Å²) in [5.74, 6) is 0.468. The van der Waals surface area contributed by atoms with E-state index in [0.29, 0.717) is 30.3 Å². The normalized spacial score (nSPS) is 10.6. The zero-order chi connectivity index (χ0) is 27.0. The number of carbonyl (C=O) groups excluding carboxylic acids is 2. The van der Waals surface area contributed by atoms with E-state index in [2.05, 4.69) is 37.8 Å². The van der Waals surface area contributed by atoms with Crippen LogP contribution in [0, 0.1) is 0 Å². The van der Waals surface area contributed by atoms with Gasteiger partial charge in [0.25, 0.3) is 0 Å². The SMILES string of the molecule is C=CC(=O)OCCCCCCOc1ccc(C(=O)Oc2ccc(CCc3ccc(CCC)cc3)cc2)cc1. The van der Waals surface area contributed by atoms with Gasteiger partial charge in [0.15, 0.2) is 0 Å². The molecule has 5 nitrogen and oxygen atoms in total. The molecule has 200 valence electrons. The summed E-state index contributed by atoms with van der Waals surface area (Å²) in [6, 6.07) is 23.6. The van der Waals surface area contributed by atoms with Gasteiger partial charge in [-0.25, -0.2) is 9.59 Å². The molecule has 3 aromatic carbocycles. The molecule has 5 heteroatoms. The van der Waals surface area contributed by atoms with Crippen LogP contribution in [-0.2, 0) is 28.8 Å². The first-order valence-electron chi connectivity index (χ1n) is 13.5. The molecule has 3 rings (SSSR count). The zero-order valence-electron chi connectivity index (χ0n) is 22.3. The van der Waals surface area contributed by atoms with Crippen molar-refractivity contribution in [3.05, 3.63) is 108 Å². The Morgan fingerprint density at radius 1 is 0.684 bits per heavy atom. The van der Waals surface area contributed by atoms with Gasteiger partial charge in [0.05, 0.1) is 18.8 Å². The van der Waals surface area contributed by atoms with E-state index in [0.717, 1.165) is 51.4 Å². The third-order valence-electron chi connectivity index (χ3n) is 6.21. The predicted molar refractivity (Wildman–Crippen MR) is 151 cm³/mol. The minimum Gasteiger partial charge on any atom is -0.494 e. The number of carbonyl (C=O) groups is 2. The summed E-state index contributed by atoms with van der Waals surface area (Å²) in [4.78, 5) is 23.5. The highest BCUT2D eigenvalue weighted by molar-refractivity contribution is 5.91. The highest BCUT2D eigenvalue weighted by Gasteiger charge is 2.09. The van der Waals surface area contributed by atoms with Crippen molar-refractivity contribution in [2.24, 2.45) is 0 Å². The molecule has 38 heavy (non-hydrogen) atoms. The summed E-state index contributed by atoms with van der Waals surface area (Å²) in [6.45, 7) is 6.57. The molecular weight excluding hydrogens is 476 g/mol. The van der Waals surface area contributed by atoms with Crippen molar-refractivity contribution in [1.82, 2.24) is 0 Å². The van der Waals surface area contributed by atoms with Gasteiger partial charge in [0.2, 0.25) is 0 Å².